The maximum atomic E-state index is 11.2. The minimum Gasteiger partial charge on any atom is -0.481 e. The fraction of sp³-hybridized carbons (Fsp3) is 0.600. The van der Waals surface area contributed by atoms with Gasteiger partial charge in [0.1, 0.15) is 10.4 Å². The monoisotopic (exact) mass is 211 g/mol. The Kier molecular flexibility index (Phi) is 2.31. The molecule has 0 unspecified atom stereocenters. The largest absolute Gasteiger partial charge is 0.481 e. The highest BCUT2D eigenvalue weighted by atomic mass is 32.1. The van der Waals surface area contributed by atoms with E-state index in [2.05, 4.69) is 4.98 Å². The van der Waals surface area contributed by atoms with Crippen molar-refractivity contribution in [2.45, 2.75) is 38.0 Å². The molecule has 0 aliphatic heterocycles. The third-order valence-electron chi connectivity index (χ3n) is 2.94. The van der Waals surface area contributed by atoms with Crippen molar-refractivity contribution in [3.05, 3.63) is 16.1 Å². The van der Waals surface area contributed by atoms with E-state index in [1.165, 1.54) is 11.3 Å². The van der Waals surface area contributed by atoms with Crippen LogP contribution in [0.4, 0.5) is 0 Å². The molecule has 4 heteroatoms. The van der Waals surface area contributed by atoms with Crippen LogP contribution < -0.4 is 0 Å². The first-order valence-corrected chi connectivity index (χ1v) is 5.75. The summed E-state index contributed by atoms with van der Waals surface area (Å²) >= 11 is 1.49. The van der Waals surface area contributed by atoms with Crippen LogP contribution in [-0.2, 0) is 16.6 Å². The van der Waals surface area contributed by atoms with Gasteiger partial charge in [-0.2, -0.15) is 0 Å². The van der Waals surface area contributed by atoms with Crippen molar-refractivity contribution in [1.29, 1.82) is 0 Å². The maximum Gasteiger partial charge on any atom is 0.316 e. The molecule has 0 saturated heterocycles. The van der Waals surface area contributed by atoms with Crippen LogP contribution in [0.5, 0.6) is 0 Å². The Hall–Kier alpha value is -0.900. The molecular weight excluding hydrogens is 198 g/mol. The van der Waals surface area contributed by atoms with Crippen LogP contribution >= 0.6 is 11.3 Å². The molecule has 0 spiro atoms. The molecule has 0 aromatic carbocycles. The number of carboxylic acid groups (broad SMARTS) is 1. The molecule has 3 nitrogen and oxygen atoms in total. The zero-order valence-electron chi connectivity index (χ0n) is 8.12. The molecule has 2 rings (SSSR count). The number of aromatic nitrogens is 1. The number of rotatable bonds is 3. The lowest BCUT2D eigenvalue weighted by Crippen LogP contribution is -2.42. The first-order valence-electron chi connectivity index (χ1n) is 4.87. The highest BCUT2D eigenvalue weighted by Crippen LogP contribution is 2.45. The van der Waals surface area contributed by atoms with E-state index < -0.39 is 11.4 Å². The lowest BCUT2D eigenvalue weighted by molar-refractivity contribution is -0.147. The van der Waals surface area contributed by atoms with Gasteiger partial charge in [-0.25, -0.2) is 4.98 Å². The number of aliphatic carboxylic acids is 1. The quantitative estimate of drug-likeness (QED) is 0.834. The van der Waals surface area contributed by atoms with Crippen LogP contribution in [0.15, 0.2) is 5.38 Å². The van der Waals surface area contributed by atoms with Gasteiger partial charge >= 0.3 is 5.97 Å². The molecule has 1 N–H and O–H groups in total. The first kappa shape index (κ1) is 9.65. The molecule has 1 aliphatic carbocycles. The summed E-state index contributed by atoms with van der Waals surface area (Å²) in [5.74, 6) is -0.708. The van der Waals surface area contributed by atoms with Crippen LogP contribution in [0.25, 0.3) is 0 Å². The van der Waals surface area contributed by atoms with E-state index in [0.717, 1.165) is 36.4 Å². The molecule has 1 aromatic heterocycles. The summed E-state index contributed by atoms with van der Waals surface area (Å²) in [6.07, 6.45) is 3.39. The number of thiazole rings is 1. The lowest BCUT2D eigenvalue weighted by atomic mass is 9.69. The maximum absolute atomic E-state index is 11.2. The van der Waals surface area contributed by atoms with E-state index in [4.69, 9.17) is 0 Å². The Bertz CT molecular complexity index is 355. The summed E-state index contributed by atoms with van der Waals surface area (Å²) in [4.78, 5) is 15.6. The van der Waals surface area contributed by atoms with Crippen LogP contribution in [0.1, 0.15) is 36.9 Å². The summed E-state index contributed by atoms with van der Waals surface area (Å²) < 4.78 is 0. The van der Waals surface area contributed by atoms with Gasteiger partial charge < -0.3 is 5.11 Å². The SMILES string of the molecule is CCc1csc(C2(C(=O)O)CCC2)n1. The van der Waals surface area contributed by atoms with E-state index in [-0.39, 0.29) is 0 Å². The van der Waals surface area contributed by atoms with Gasteiger partial charge in [-0.1, -0.05) is 13.3 Å². The van der Waals surface area contributed by atoms with E-state index in [1.54, 1.807) is 0 Å². The number of carbonyl (C=O) groups is 1. The van der Waals surface area contributed by atoms with Crippen LogP contribution in [-0.4, -0.2) is 16.1 Å². The molecule has 76 valence electrons. The zero-order valence-corrected chi connectivity index (χ0v) is 8.93. The van der Waals surface area contributed by atoms with Gasteiger partial charge in [-0.3, -0.25) is 4.79 Å². The third-order valence-corrected chi connectivity index (χ3v) is 4.04. The Morgan fingerprint density at radius 1 is 1.71 bits per heavy atom. The minimum absolute atomic E-state index is 0.641. The average Bonchev–Trinajstić information content (AvgIpc) is 2.50. The minimum atomic E-state index is -0.708. The fourth-order valence-electron chi connectivity index (χ4n) is 1.74. The van der Waals surface area contributed by atoms with Crippen molar-refractivity contribution in [2.24, 2.45) is 0 Å². The van der Waals surface area contributed by atoms with E-state index in [9.17, 15) is 9.90 Å². The summed E-state index contributed by atoms with van der Waals surface area (Å²) in [6, 6.07) is 0. The number of hydrogen-bond donors (Lipinski definition) is 1. The molecule has 0 bridgehead atoms. The standard InChI is InChI=1S/C10H13NO2S/c1-2-7-6-14-8(11-7)10(9(12)13)4-3-5-10/h6H,2-5H2,1H3,(H,12,13). The van der Waals surface area contributed by atoms with Gasteiger partial charge in [0.2, 0.25) is 0 Å². The highest BCUT2D eigenvalue weighted by Gasteiger charge is 2.48. The normalized spacial score (nSPS) is 18.9. The van der Waals surface area contributed by atoms with Gasteiger partial charge in [0.15, 0.2) is 0 Å². The van der Waals surface area contributed by atoms with Gasteiger partial charge in [-0.15, -0.1) is 11.3 Å². The van der Waals surface area contributed by atoms with Crippen LogP contribution in [0.3, 0.4) is 0 Å². The van der Waals surface area contributed by atoms with Crippen LogP contribution in [0.2, 0.25) is 0 Å². The van der Waals surface area contributed by atoms with Crippen molar-refractivity contribution in [2.75, 3.05) is 0 Å². The number of carboxylic acids is 1. The Morgan fingerprint density at radius 2 is 2.43 bits per heavy atom. The Balaban J connectivity index is 2.32. The predicted molar refractivity (Wildman–Crippen MR) is 54.7 cm³/mol. The highest BCUT2D eigenvalue weighted by molar-refractivity contribution is 7.10. The van der Waals surface area contributed by atoms with Gasteiger partial charge in [0, 0.05) is 5.38 Å². The second kappa shape index (κ2) is 3.35. The van der Waals surface area contributed by atoms with Gasteiger partial charge in [0.05, 0.1) is 5.69 Å². The molecule has 14 heavy (non-hydrogen) atoms. The first-order chi connectivity index (χ1) is 6.69. The second-order valence-corrected chi connectivity index (χ2v) is 4.60. The van der Waals surface area contributed by atoms with Crippen molar-refractivity contribution in [3.63, 3.8) is 0 Å². The van der Waals surface area contributed by atoms with Crippen LogP contribution in [0, 0.1) is 0 Å². The zero-order chi connectivity index (χ0) is 10.2. The molecule has 1 aliphatic rings. The smallest absolute Gasteiger partial charge is 0.316 e. The molecular formula is C10H13NO2S. The summed E-state index contributed by atoms with van der Waals surface area (Å²) in [5.41, 5.74) is 0.371. The molecule has 0 radical (unpaired) electrons. The molecule has 1 fully saturated rings. The van der Waals surface area contributed by atoms with Crippen molar-refractivity contribution < 1.29 is 9.90 Å². The number of nitrogens with zero attached hydrogens (tertiary/aromatic N) is 1. The third kappa shape index (κ3) is 1.25. The average molecular weight is 211 g/mol. The fourth-order valence-corrected chi connectivity index (χ4v) is 2.89. The van der Waals surface area contributed by atoms with E-state index in [0.29, 0.717) is 0 Å². The molecule has 0 atom stereocenters. The summed E-state index contributed by atoms with van der Waals surface area (Å²) in [6.45, 7) is 2.03. The van der Waals surface area contributed by atoms with Gasteiger partial charge in [-0.05, 0) is 19.3 Å². The topological polar surface area (TPSA) is 50.2 Å². The van der Waals surface area contributed by atoms with E-state index in [1.807, 2.05) is 12.3 Å². The number of hydrogen-bond acceptors (Lipinski definition) is 3. The van der Waals surface area contributed by atoms with Crippen molar-refractivity contribution in [3.8, 4) is 0 Å². The van der Waals surface area contributed by atoms with E-state index >= 15 is 0 Å². The van der Waals surface area contributed by atoms with Gasteiger partial charge in [0.25, 0.3) is 0 Å². The Labute approximate surface area is 86.8 Å². The molecule has 1 saturated carbocycles. The van der Waals surface area contributed by atoms with Crippen molar-refractivity contribution in [1.82, 2.24) is 4.98 Å². The molecule has 1 aromatic rings. The lowest BCUT2D eigenvalue weighted by Gasteiger charge is -2.35. The molecule has 1 heterocycles. The molecule has 0 amide bonds. The Morgan fingerprint density at radius 3 is 2.79 bits per heavy atom. The van der Waals surface area contributed by atoms with Crippen molar-refractivity contribution >= 4 is 17.3 Å². The number of aryl methyl sites for hydroxylation is 1. The predicted octanol–water partition coefficient (Wildman–Crippen LogP) is 2.21. The second-order valence-electron chi connectivity index (χ2n) is 3.74. The summed E-state index contributed by atoms with van der Waals surface area (Å²) in [5, 5.41) is 12.0. The summed E-state index contributed by atoms with van der Waals surface area (Å²) in [7, 11) is 0.